The Kier molecular flexibility index (Phi) is 4.47. The van der Waals surface area contributed by atoms with Gasteiger partial charge in [0.2, 0.25) is 0 Å². The Morgan fingerprint density at radius 3 is 2.45 bits per heavy atom. The number of H-pyrrole nitrogens is 2. The number of fused-ring (bicyclic) bond motifs is 2. The molecule has 0 unspecified atom stereocenters. The molecule has 5 aromatic rings. The molecule has 6 nitrogen and oxygen atoms in total. The van der Waals surface area contributed by atoms with Gasteiger partial charge in [-0.25, -0.2) is 9.59 Å². The lowest BCUT2D eigenvalue weighted by Gasteiger charge is -2.11. The van der Waals surface area contributed by atoms with Gasteiger partial charge < -0.3 is 14.7 Å². The van der Waals surface area contributed by atoms with E-state index >= 15 is 0 Å². The molecule has 0 aliphatic rings. The molecule has 0 spiro atoms. The van der Waals surface area contributed by atoms with Crippen molar-refractivity contribution in [1.29, 1.82) is 0 Å². The van der Waals surface area contributed by atoms with E-state index in [0.29, 0.717) is 11.4 Å². The number of rotatable bonds is 4. The van der Waals surface area contributed by atoms with Crippen LogP contribution in [0.3, 0.4) is 0 Å². The fourth-order valence-corrected chi connectivity index (χ4v) is 4.24. The number of carbonyl (C=O) groups excluding carboxylic acids is 1. The standard InChI is InChI=1S/C25H21N3O3/c1-3-31-24(29)23-22(21-15(2)26-19-13-7-6-12-18(19)21)27-25(30)28(23)20-14-8-10-16-9-4-5-11-17(16)20/h4-14,26H,3H2,1-2H3,(H,27,30). The van der Waals surface area contributed by atoms with Crippen LogP contribution in [0.4, 0.5) is 0 Å². The van der Waals surface area contributed by atoms with Crippen LogP contribution in [0.25, 0.3) is 38.6 Å². The summed E-state index contributed by atoms with van der Waals surface area (Å²) in [5.74, 6) is -0.548. The van der Waals surface area contributed by atoms with Gasteiger partial charge in [0.05, 0.1) is 18.0 Å². The molecule has 154 valence electrons. The van der Waals surface area contributed by atoms with Gasteiger partial charge in [0.15, 0.2) is 5.69 Å². The van der Waals surface area contributed by atoms with Crippen LogP contribution in [0, 0.1) is 6.92 Å². The summed E-state index contributed by atoms with van der Waals surface area (Å²) in [7, 11) is 0. The summed E-state index contributed by atoms with van der Waals surface area (Å²) in [4.78, 5) is 32.7. The zero-order valence-corrected chi connectivity index (χ0v) is 17.2. The smallest absolute Gasteiger partial charge is 0.357 e. The number of hydrogen-bond donors (Lipinski definition) is 2. The molecular weight excluding hydrogens is 390 g/mol. The van der Waals surface area contributed by atoms with E-state index in [1.54, 1.807) is 6.92 Å². The molecule has 0 aliphatic heterocycles. The number of imidazole rings is 1. The lowest BCUT2D eigenvalue weighted by Crippen LogP contribution is -2.20. The van der Waals surface area contributed by atoms with Crippen LogP contribution < -0.4 is 5.69 Å². The van der Waals surface area contributed by atoms with E-state index in [9.17, 15) is 9.59 Å². The molecule has 2 aromatic heterocycles. The van der Waals surface area contributed by atoms with Crippen LogP contribution in [-0.4, -0.2) is 27.1 Å². The van der Waals surface area contributed by atoms with Crippen LogP contribution in [0.5, 0.6) is 0 Å². The van der Waals surface area contributed by atoms with Crippen molar-refractivity contribution < 1.29 is 9.53 Å². The minimum absolute atomic E-state index is 0.191. The van der Waals surface area contributed by atoms with Gasteiger partial charge in [-0.1, -0.05) is 54.6 Å². The van der Waals surface area contributed by atoms with E-state index in [1.165, 1.54) is 4.57 Å². The summed E-state index contributed by atoms with van der Waals surface area (Å²) < 4.78 is 6.80. The highest BCUT2D eigenvalue weighted by Crippen LogP contribution is 2.34. The lowest BCUT2D eigenvalue weighted by atomic mass is 10.1. The van der Waals surface area contributed by atoms with E-state index in [2.05, 4.69) is 9.97 Å². The molecule has 6 heteroatoms. The Morgan fingerprint density at radius 2 is 1.65 bits per heavy atom. The average molecular weight is 411 g/mol. The fraction of sp³-hybridized carbons (Fsp3) is 0.120. The van der Waals surface area contributed by atoms with Crippen molar-refractivity contribution in [2.24, 2.45) is 0 Å². The first-order valence-electron chi connectivity index (χ1n) is 10.2. The number of para-hydroxylation sites is 1. The minimum atomic E-state index is -0.548. The topological polar surface area (TPSA) is 79.9 Å². The highest BCUT2D eigenvalue weighted by molar-refractivity contribution is 6.04. The summed E-state index contributed by atoms with van der Waals surface area (Å²) in [5.41, 5.74) is 3.46. The van der Waals surface area contributed by atoms with Crippen molar-refractivity contribution in [3.63, 3.8) is 0 Å². The molecule has 0 amide bonds. The van der Waals surface area contributed by atoms with E-state index in [-0.39, 0.29) is 18.0 Å². The molecule has 5 rings (SSSR count). The molecule has 2 N–H and O–H groups in total. The third-order valence-corrected chi connectivity index (χ3v) is 5.52. The number of benzene rings is 3. The average Bonchev–Trinajstić information content (AvgIpc) is 3.29. The summed E-state index contributed by atoms with van der Waals surface area (Å²) in [6.45, 7) is 3.89. The molecule has 0 saturated carbocycles. The number of nitrogens with one attached hydrogen (secondary N) is 2. The fourth-order valence-electron chi connectivity index (χ4n) is 4.24. The summed E-state index contributed by atoms with van der Waals surface area (Å²) in [6.07, 6.45) is 0. The second-order valence-electron chi connectivity index (χ2n) is 7.38. The normalized spacial score (nSPS) is 11.3. The van der Waals surface area contributed by atoms with Gasteiger partial charge in [-0.2, -0.15) is 0 Å². The second kappa shape index (κ2) is 7.32. The lowest BCUT2D eigenvalue weighted by molar-refractivity contribution is 0.0518. The van der Waals surface area contributed by atoms with Crippen molar-refractivity contribution in [1.82, 2.24) is 14.5 Å². The molecule has 0 atom stereocenters. The molecular formula is C25H21N3O3. The predicted octanol–water partition coefficient (Wildman–Crippen LogP) is 4.95. The van der Waals surface area contributed by atoms with Crippen LogP contribution in [0.15, 0.2) is 71.5 Å². The number of carbonyl (C=O) groups is 1. The third-order valence-electron chi connectivity index (χ3n) is 5.52. The van der Waals surface area contributed by atoms with Gasteiger partial charge in [0.25, 0.3) is 0 Å². The Bertz CT molecular complexity index is 1500. The molecule has 31 heavy (non-hydrogen) atoms. The maximum atomic E-state index is 13.2. The maximum Gasteiger partial charge on any atom is 0.357 e. The number of nitrogens with zero attached hydrogens (tertiary/aromatic N) is 1. The molecule has 3 aromatic carbocycles. The van der Waals surface area contributed by atoms with Gasteiger partial charge in [-0.3, -0.25) is 4.57 Å². The van der Waals surface area contributed by atoms with E-state index in [1.807, 2.05) is 73.7 Å². The second-order valence-corrected chi connectivity index (χ2v) is 7.38. The molecule has 0 bridgehead atoms. The Labute approximate surface area is 178 Å². The summed E-state index contributed by atoms with van der Waals surface area (Å²) >= 11 is 0. The monoisotopic (exact) mass is 411 g/mol. The zero-order valence-electron chi connectivity index (χ0n) is 17.2. The largest absolute Gasteiger partial charge is 0.461 e. The van der Waals surface area contributed by atoms with Crippen molar-refractivity contribution in [2.75, 3.05) is 6.61 Å². The van der Waals surface area contributed by atoms with Gasteiger partial charge in [-0.15, -0.1) is 0 Å². The van der Waals surface area contributed by atoms with Crippen LogP contribution in [0.2, 0.25) is 0 Å². The Morgan fingerprint density at radius 1 is 0.935 bits per heavy atom. The number of esters is 1. The number of ether oxygens (including phenoxy) is 1. The number of aryl methyl sites for hydroxylation is 1. The van der Waals surface area contributed by atoms with Crippen molar-refractivity contribution in [3.8, 4) is 16.9 Å². The first-order chi connectivity index (χ1) is 15.1. The highest BCUT2D eigenvalue weighted by atomic mass is 16.5. The van der Waals surface area contributed by atoms with E-state index in [4.69, 9.17) is 4.74 Å². The molecule has 0 radical (unpaired) electrons. The van der Waals surface area contributed by atoms with Crippen LogP contribution in [-0.2, 0) is 4.74 Å². The van der Waals surface area contributed by atoms with Gasteiger partial charge in [-0.05, 0) is 31.4 Å². The molecule has 0 aliphatic carbocycles. The highest BCUT2D eigenvalue weighted by Gasteiger charge is 2.27. The minimum Gasteiger partial charge on any atom is -0.461 e. The first-order valence-corrected chi connectivity index (χ1v) is 10.2. The first kappa shape index (κ1) is 18.9. The SMILES string of the molecule is CCOC(=O)c1c(-c2c(C)[nH]c3ccccc23)[nH]c(=O)n1-c1cccc2ccccc12. The molecule has 0 saturated heterocycles. The Balaban J connectivity index is 1.87. The number of hydrogen-bond acceptors (Lipinski definition) is 3. The van der Waals surface area contributed by atoms with Crippen molar-refractivity contribution in [3.05, 3.63) is 88.6 Å². The van der Waals surface area contributed by atoms with Gasteiger partial charge in [0.1, 0.15) is 0 Å². The van der Waals surface area contributed by atoms with Crippen LogP contribution in [0.1, 0.15) is 23.1 Å². The maximum absolute atomic E-state index is 13.2. The Hall–Kier alpha value is -4.06. The summed E-state index contributed by atoms with van der Waals surface area (Å²) in [5, 5.41) is 2.78. The quantitative estimate of drug-likeness (QED) is 0.411. The number of aromatic nitrogens is 3. The van der Waals surface area contributed by atoms with E-state index < -0.39 is 5.97 Å². The van der Waals surface area contributed by atoms with Gasteiger partial charge >= 0.3 is 11.7 Å². The zero-order chi connectivity index (χ0) is 21.5. The summed E-state index contributed by atoms with van der Waals surface area (Å²) in [6, 6.07) is 21.3. The molecule has 2 heterocycles. The van der Waals surface area contributed by atoms with Crippen molar-refractivity contribution in [2.45, 2.75) is 13.8 Å². The third kappa shape index (κ3) is 2.95. The van der Waals surface area contributed by atoms with Gasteiger partial charge in [0, 0.05) is 27.5 Å². The number of aromatic amines is 2. The molecule has 0 fully saturated rings. The van der Waals surface area contributed by atoms with Crippen LogP contribution >= 0.6 is 0 Å². The van der Waals surface area contributed by atoms with Crippen molar-refractivity contribution >= 4 is 27.6 Å². The predicted molar refractivity (Wildman–Crippen MR) is 122 cm³/mol. The van der Waals surface area contributed by atoms with E-state index in [0.717, 1.165) is 32.9 Å².